The van der Waals surface area contributed by atoms with Gasteiger partial charge >= 0.3 is 0 Å². The van der Waals surface area contributed by atoms with E-state index in [1.807, 2.05) is 0 Å². The van der Waals surface area contributed by atoms with Crippen molar-refractivity contribution in [2.24, 2.45) is 17.1 Å². The predicted molar refractivity (Wildman–Crippen MR) is 56.1 cm³/mol. The molecule has 0 heterocycles. The van der Waals surface area contributed by atoms with Crippen LogP contribution in [0.4, 0.5) is 0 Å². The Morgan fingerprint density at radius 3 is 2.17 bits per heavy atom. The zero-order chi connectivity index (χ0) is 9.61. The Morgan fingerprint density at radius 1 is 1.25 bits per heavy atom. The highest BCUT2D eigenvalue weighted by Gasteiger charge is 2.16. The Morgan fingerprint density at radius 2 is 1.83 bits per heavy atom. The zero-order valence-corrected chi connectivity index (χ0v) is 9.19. The molecule has 0 bridgehead atoms. The molecule has 0 aromatic carbocycles. The normalized spacial score (nSPS) is 14.8. The highest BCUT2D eigenvalue weighted by atomic mass is 14.5. The third-order valence-electron chi connectivity index (χ3n) is 3.10. The standard InChI is InChI=1S/C11H25N/c1-5-10(9-12)7-8-11(3,4)6-2/h10H,5-9,12H2,1-4H3/t10-/m0/s1. The summed E-state index contributed by atoms with van der Waals surface area (Å²) in [6.45, 7) is 10.0. The summed E-state index contributed by atoms with van der Waals surface area (Å²) in [5, 5.41) is 0. The molecule has 0 rings (SSSR count). The van der Waals surface area contributed by atoms with Crippen LogP contribution in [-0.4, -0.2) is 6.54 Å². The average molecular weight is 171 g/mol. The zero-order valence-electron chi connectivity index (χ0n) is 9.19. The summed E-state index contributed by atoms with van der Waals surface area (Å²) >= 11 is 0. The van der Waals surface area contributed by atoms with Crippen LogP contribution in [0.15, 0.2) is 0 Å². The minimum atomic E-state index is 0.516. The summed E-state index contributed by atoms with van der Waals surface area (Å²) in [5.74, 6) is 0.746. The van der Waals surface area contributed by atoms with E-state index in [0.717, 1.165) is 12.5 Å². The third kappa shape index (κ3) is 4.76. The van der Waals surface area contributed by atoms with E-state index < -0.39 is 0 Å². The molecule has 0 aromatic rings. The quantitative estimate of drug-likeness (QED) is 0.652. The van der Waals surface area contributed by atoms with Crippen LogP contribution in [0.3, 0.4) is 0 Å². The molecule has 1 nitrogen and oxygen atoms in total. The van der Waals surface area contributed by atoms with Crippen molar-refractivity contribution in [3.8, 4) is 0 Å². The van der Waals surface area contributed by atoms with Crippen molar-refractivity contribution in [3.05, 3.63) is 0 Å². The molecular weight excluding hydrogens is 146 g/mol. The molecule has 0 unspecified atom stereocenters. The molecular formula is C11H25N. The molecule has 0 aliphatic heterocycles. The van der Waals surface area contributed by atoms with Gasteiger partial charge in [-0.2, -0.15) is 0 Å². The van der Waals surface area contributed by atoms with Gasteiger partial charge in [0.1, 0.15) is 0 Å². The van der Waals surface area contributed by atoms with E-state index in [1.165, 1.54) is 25.7 Å². The molecule has 74 valence electrons. The fraction of sp³-hybridized carbons (Fsp3) is 1.00. The maximum absolute atomic E-state index is 5.65. The maximum Gasteiger partial charge on any atom is -0.00490 e. The number of rotatable bonds is 6. The predicted octanol–water partition coefficient (Wildman–Crippen LogP) is 3.19. The second-order valence-electron chi connectivity index (χ2n) is 4.57. The van der Waals surface area contributed by atoms with E-state index >= 15 is 0 Å². The molecule has 1 heteroatoms. The summed E-state index contributed by atoms with van der Waals surface area (Å²) in [7, 11) is 0. The Balaban J connectivity index is 3.65. The lowest BCUT2D eigenvalue weighted by Crippen LogP contribution is -2.17. The van der Waals surface area contributed by atoms with E-state index in [2.05, 4.69) is 27.7 Å². The van der Waals surface area contributed by atoms with Crippen molar-refractivity contribution in [1.82, 2.24) is 0 Å². The lowest BCUT2D eigenvalue weighted by Gasteiger charge is -2.24. The molecule has 1 atom stereocenters. The van der Waals surface area contributed by atoms with Crippen LogP contribution in [0.5, 0.6) is 0 Å². The van der Waals surface area contributed by atoms with E-state index in [-0.39, 0.29) is 0 Å². The fourth-order valence-electron chi connectivity index (χ4n) is 1.26. The molecule has 0 saturated carbocycles. The molecule has 0 spiro atoms. The molecule has 0 aliphatic rings. The van der Waals surface area contributed by atoms with Gasteiger partial charge in [-0.05, 0) is 30.7 Å². The topological polar surface area (TPSA) is 26.0 Å². The van der Waals surface area contributed by atoms with Gasteiger partial charge in [-0.1, -0.05) is 40.5 Å². The van der Waals surface area contributed by atoms with Crippen LogP contribution < -0.4 is 5.73 Å². The summed E-state index contributed by atoms with van der Waals surface area (Å²) < 4.78 is 0. The largest absolute Gasteiger partial charge is 0.330 e. The van der Waals surface area contributed by atoms with Gasteiger partial charge in [0.2, 0.25) is 0 Å². The second-order valence-corrected chi connectivity index (χ2v) is 4.57. The summed E-state index contributed by atoms with van der Waals surface area (Å²) in [5.41, 5.74) is 6.17. The molecule has 0 saturated heterocycles. The summed E-state index contributed by atoms with van der Waals surface area (Å²) in [4.78, 5) is 0. The van der Waals surface area contributed by atoms with E-state index in [0.29, 0.717) is 5.41 Å². The maximum atomic E-state index is 5.65. The Bertz CT molecular complexity index is 104. The van der Waals surface area contributed by atoms with Crippen LogP contribution >= 0.6 is 0 Å². The number of nitrogens with two attached hydrogens (primary N) is 1. The Labute approximate surface area is 77.7 Å². The molecule has 0 aromatic heterocycles. The Hall–Kier alpha value is -0.0400. The summed E-state index contributed by atoms with van der Waals surface area (Å²) in [6.07, 6.45) is 5.12. The van der Waals surface area contributed by atoms with Gasteiger partial charge in [-0.25, -0.2) is 0 Å². The minimum absolute atomic E-state index is 0.516. The van der Waals surface area contributed by atoms with Gasteiger partial charge in [0.25, 0.3) is 0 Å². The molecule has 2 N–H and O–H groups in total. The van der Waals surface area contributed by atoms with Gasteiger partial charge in [-0.3, -0.25) is 0 Å². The van der Waals surface area contributed by atoms with Crippen molar-refractivity contribution in [2.75, 3.05) is 6.54 Å². The average Bonchev–Trinajstić information content (AvgIpc) is 2.06. The number of hydrogen-bond donors (Lipinski definition) is 1. The van der Waals surface area contributed by atoms with Crippen molar-refractivity contribution in [1.29, 1.82) is 0 Å². The smallest absolute Gasteiger partial charge is 0.00490 e. The van der Waals surface area contributed by atoms with Crippen molar-refractivity contribution in [2.45, 2.75) is 53.4 Å². The van der Waals surface area contributed by atoms with Crippen LogP contribution in [0.25, 0.3) is 0 Å². The third-order valence-corrected chi connectivity index (χ3v) is 3.10. The van der Waals surface area contributed by atoms with Gasteiger partial charge in [0.15, 0.2) is 0 Å². The molecule has 0 aliphatic carbocycles. The summed E-state index contributed by atoms with van der Waals surface area (Å²) in [6, 6.07) is 0. The van der Waals surface area contributed by atoms with Gasteiger partial charge in [0.05, 0.1) is 0 Å². The minimum Gasteiger partial charge on any atom is -0.330 e. The Kier molecular flexibility index (Phi) is 5.56. The highest BCUT2D eigenvalue weighted by Crippen LogP contribution is 2.28. The first-order valence-corrected chi connectivity index (χ1v) is 5.25. The van der Waals surface area contributed by atoms with E-state index in [1.54, 1.807) is 0 Å². The van der Waals surface area contributed by atoms with Crippen molar-refractivity contribution in [3.63, 3.8) is 0 Å². The van der Waals surface area contributed by atoms with Gasteiger partial charge < -0.3 is 5.73 Å². The molecule has 0 fully saturated rings. The molecule has 12 heavy (non-hydrogen) atoms. The first-order valence-electron chi connectivity index (χ1n) is 5.25. The molecule has 0 amide bonds. The fourth-order valence-corrected chi connectivity index (χ4v) is 1.26. The molecule has 0 radical (unpaired) electrons. The lowest BCUT2D eigenvalue weighted by molar-refractivity contribution is 0.282. The lowest BCUT2D eigenvalue weighted by atomic mass is 9.82. The van der Waals surface area contributed by atoms with E-state index in [4.69, 9.17) is 5.73 Å². The SMILES string of the molecule is CC[C@H](CN)CCC(C)(C)CC. The van der Waals surface area contributed by atoms with Gasteiger partial charge in [0, 0.05) is 0 Å². The first-order chi connectivity index (χ1) is 5.55. The van der Waals surface area contributed by atoms with Crippen LogP contribution in [0.1, 0.15) is 53.4 Å². The monoisotopic (exact) mass is 171 g/mol. The van der Waals surface area contributed by atoms with Crippen LogP contribution in [-0.2, 0) is 0 Å². The van der Waals surface area contributed by atoms with Crippen molar-refractivity contribution < 1.29 is 0 Å². The van der Waals surface area contributed by atoms with Gasteiger partial charge in [-0.15, -0.1) is 0 Å². The van der Waals surface area contributed by atoms with Crippen molar-refractivity contribution >= 4 is 0 Å². The van der Waals surface area contributed by atoms with E-state index in [9.17, 15) is 0 Å². The van der Waals surface area contributed by atoms with Crippen LogP contribution in [0, 0.1) is 11.3 Å². The van der Waals surface area contributed by atoms with Crippen LogP contribution in [0.2, 0.25) is 0 Å². The highest BCUT2D eigenvalue weighted by molar-refractivity contribution is 4.69. The second kappa shape index (κ2) is 5.58. The first kappa shape index (κ1) is 12.0. The number of hydrogen-bond acceptors (Lipinski definition) is 1.